The largest absolute Gasteiger partial charge is 0.341 e. The molecule has 10 heteroatoms. The van der Waals surface area contributed by atoms with Gasteiger partial charge in [-0.1, -0.05) is 18.2 Å². The average molecular weight is 476 g/mol. The van der Waals surface area contributed by atoms with Crippen molar-refractivity contribution in [2.24, 2.45) is 5.92 Å². The third-order valence-electron chi connectivity index (χ3n) is 6.00. The number of rotatable bonds is 7. The molecule has 1 aromatic carbocycles. The highest BCUT2D eigenvalue weighted by atomic mass is 32.2. The number of H-pyrrole nitrogens is 1. The fraction of sp³-hybridized carbons (Fsp3) is 0.292. The number of nitrogens with zero attached hydrogens (tertiary/aromatic N) is 4. The van der Waals surface area contributed by atoms with Gasteiger partial charge in [-0.3, -0.25) is 20.0 Å². The van der Waals surface area contributed by atoms with Crippen molar-refractivity contribution >= 4 is 34.9 Å². The molecule has 4 heterocycles. The van der Waals surface area contributed by atoms with Crippen molar-refractivity contribution < 1.29 is 9.59 Å². The summed E-state index contributed by atoms with van der Waals surface area (Å²) < 4.78 is 0. The molecule has 0 bridgehead atoms. The second kappa shape index (κ2) is 10.2. The van der Waals surface area contributed by atoms with E-state index >= 15 is 0 Å². The van der Waals surface area contributed by atoms with Crippen molar-refractivity contribution in [3.8, 4) is 11.1 Å². The molecule has 2 aliphatic rings. The number of nitrogens with one attached hydrogen (secondary N) is 3. The summed E-state index contributed by atoms with van der Waals surface area (Å²) in [5.74, 6) is 0.881. The second-order valence-corrected chi connectivity index (χ2v) is 9.40. The van der Waals surface area contributed by atoms with Crippen LogP contribution in [-0.2, 0) is 11.3 Å². The quantitative estimate of drug-likeness (QED) is 0.446. The van der Waals surface area contributed by atoms with E-state index in [9.17, 15) is 9.59 Å². The summed E-state index contributed by atoms with van der Waals surface area (Å²) in [6, 6.07) is 10.3. The van der Waals surface area contributed by atoms with Crippen LogP contribution in [0.5, 0.6) is 0 Å². The number of amides is 2. The Labute approximate surface area is 201 Å². The minimum atomic E-state index is -0.378. The number of hydrogen-bond acceptors (Lipinski definition) is 8. The lowest BCUT2D eigenvalue weighted by atomic mass is 9.97. The molecule has 9 nitrogen and oxygen atoms in total. The van der Waals surface area contributed by atoms with Crippen molar-refractivity contribution in [2.45, 2.75) is 19.4 Å². The first-order valence-electron chi connectivity index (χ1n) is 11.3. The van der Waals surface area contributed by atoms with Crippen LogP contribution in [0.3, 0.4) is 0 Å². The maximum absolute atomic E-state index is 11.8. The van der Waals surface area contributed by atoms with Crippen LogP contribution < -0.4 is 15.5 Å². The fourth-order valence-corrected chi connectivity index (χ4v) is 4.84. The molecule has 0 saturated carbocycles. The van der Waals surface area contributed by atoms with E-state index in [0.717, 1.165) is 61.9 Å². The maximum Gasteiger partial charge on any atom is 0.290 e. The smallest absolute Gasteiger partial charge is 0.290 e. The monoisotopic (exact) mass is 475 g/mol. The molecule has 2 saturated heterocycles. The number of carbonyl (C=O) groups excluding carboxylic acids is 2. The van der Waals surface area contributed by atoms with Gasteiger partial charge in [-0.25, -0.2) is 9.97 Å². The van der Waals surface area contributed by atoms with Gasteiger partial charge in [0.05, 0.1) is 16.8 Å². The number of piperidine rings is 1. The Morgan fingerprint density at radius 1 is 1.18 bits per heavy atom. The van der Waals surface area contributed by atoms with E-state index in [1.807, 2.05) is 12.4 Å². The van der Waals surface area contributed by atoms with Crippen LogP contribution in [0, 0.1) is 5.92 Å². The molecule has 3 N–H and O–H groups in total. The van der Waals surface area contributed by atoms with Gasteiger partial charge in [0, 0.05) is 37.6 Å². The normalized spacial score (nSPS) is 18.0. The summed E-state index contributed by atoms with van der Waals surface area (Å²) in [5, 5.41) is 12.4. The number of hydrogen-bond donors (Lipinski definition) is 3. The molecule has 2 aliphatic heterocycles. The zero-order valence-electron chi connectivity index (χ0n) is 18.5. The fourth-order valence-electron chi connectivity index (χ4n) is 4.18. The standard InChI is InChI=1S/C24H25N7O2S/c32-22-21(34-24(33)30-22)11-20-4-7-26-23(29-20)31-8-5-16(6-9-31)12-25-13-17-2-1-3-18(10-17)19-14-27-28-15-19/h1-4,7,10-11,14-16,25H,5-6,8-9,12-13H2,(H,27,28)(H,30,32,33). The van der Waals surface area contributed by atoms with Gasteiger partial charge in [0.25, 0.3) is 11.1 Å². The first-order valence-corrected chi connectivity index (χ1v) is 12.1. The van der Waals surface area contributed by atoms with E-state index < -0.39 is 0 Å². The van der Waals surface area contributed by atoms with Gasteiger partial charge >= 0.3 is 0 Å². The summed E-state index contributed by atoms with van der Waals surface area (Å²) in [5.41, 5.74) is 4.14. The predicted molar refractivity (Wildman–Crippen MR) is 132 cm³/mol. The molecule has 0 unspecified atom stereocenters. The Hall–Kier alpha value is -3.50. The van der Waals surface area contributed by atoms with Gasteiger partial charge in [-0.05, 0) is 66.4 Å². The lowest BCUT2D eigenvalue weighted by Gasteiger charge is -2.32. The Morgan fingerprint density at radius 2 is 2.06 bits per heavy atom. The van der Waals surface area contributed by atoms with Crippen molar-refractivity contribution in [1.29, 1.82) is 0 Å². The SMILES string of the molecule is O=C1NC(=O)C(=Cc2ccnc(N3CCC(CNCc4cccc(-c5cn[nH]c5)c4)CC3)n2)S1. The number of benzene rings is 1. The van der Waals surface area contributed by atoms with E-state index in [1.165, 1.54) is 5.56 Å². The lowest BCUT2D eigenvalue weighted by molar-refractivity contribution is -0.115. The zero-order valence-corrected chi connectivity index (χ0v) is 19.3. The summed E-state index contributed by atoms with van der Waals surface area (Å²) in [6.45, 7) is 3.57. The number of aromatic nitrogens is 4. The van der Waals surface area contributed by atoms with Gasteiger partial charge in [0.1, 0.15) is 0 Å². The third-order valence-corrected chi connectivity index (χ3v) is 6.81. The van der Waals surface area contributed by atoms with Gasteiger partial charge in [0.2, 0.25) is 5.95 Å². The third kappa shape index (κ3) is 5.35. The number of imide groups is 1. The summed E-state index contributed by atoms with van der Waals surface area (Å²) >= 11 is 0.892. The number of aromatic amines is 1. The van der Waals surface area contributed by atoms with Crippen molar-refractivity contribution in [2.75, 3.05) is 24.5 Å². The predicted octanol–water partition coefficient (Wildman–Crippen LogP) is 3.20. The Kier molecular flexibility index (Phi) is 6.68. The highest BCUT2D eigenvalue weighted by Crippen LogP contribution is 2.26. The Balaban J connectivity index is 1.11. The number of thioether (sulfide) groups is 1. The highest BCUT2D eigenvalue weighted by Gasteiger charge is 2.25. The molecule has 2 amide bonds. The van der Waals surface area contributed by atoms with Crippen LogP contribution >= 0.6 is 11.8 Å². The molecule has 0 radical (unpaired) electrons. The van der Waals surface area contributed by atoms with E-state index in [0.29, 0.717) is 22.5 Å². The van der Waals surface area contributed by atoms with Crippen LogP contribution in [0.4, 0.5) is 10.7 Å². The zero-order chi connectivity index (χ0) is 23.3. The summed E-state index contributed by atoms with van der Waals surface area (Å²) in [6.07, 6.45) is 9.19. The minimum absolute atomic E-state index is 0.355. The van der Waals surface area contributed by atoms with E-state index in [2.05, 4.69) is 60.0 Å². The Morgan fingerprint density at radius 3 is 2.82 bits per heavy atom. The van der Waals surface area contributed by atoms with Gasteiger partial charge in [-0.15, -0.1) is 0 Å². The second-order valence-electron chi connectivity index (χ2n) is 8.38. The molecule has 2 fully saturated rings. The summed E-state index contributed by atoms with van der Waals surface area (Å²) in [7, 11) is 0. The van der Waals surface area contributed by atoms with Gasteiger partial charge < -0.3 is 10.2 Å². The Bertz CT molecular complexity index is 1200. The van der Waals surface area contributed by atoms with Gasteiger partial charge in [-0.2, -0.15) is 5.10 Å². The minimum Gasteiger partial charge on any atom is -0.341 e. The van der Waals surface area contributed by atoms with Gasteiger partial charge in [0.15, 0.2) is 0 Å². The molecule has 2 aromatic heterocycles. The van der Waals surface area contributed by atoms with E-state index in [-0.39, 0.29) is 11.1 Å². The molecule has 34 heavy (non-hydrogen) atoms. The maximum atomic E-state index is 11.8. The number of anilines is 1. The molecular weight excluding hydrogens is 450 g/mol. The van der Waals surface area contributed by atoms with Crippen molar-refractivity contribution in [3.63, 3.8) is 0 Å². The topological polar surface area (TPSA) is 116 Å². The van der Waals surface area contributed by atoms with Crippen LogP contribution in [0.2, 0.25) is 0 Å². The van der Waals surface area contributed by atoms with Crippen molar-refractivity contribution in [1.82, 2.24) is 30.8 Å². The average Bonchev–Trinajstić information content (AvgIpc) is 3.50. The molecule has 5 rings (SSSR count). The molecular formula is C24H25N7O2S. The first kappa shape index (κ1) is 22.3. The first-order chi connectivity index (χ1) is 16.6. The highest BCUT2D eigenvalue weighted by molar-refractivity contribution is 8.18. The van der Waals surface area contributed by atoms with Crippen molar-refractivity contribution in [3.05, 3.63) is 65.1 Å². The number of carbonyl (C=O) groups is 2. The van der Waals surface area contributed by atoms with Crippen LogP contribution in [0.15, 0.2) is 53.8 Å². The van der Waals surface area contributed by atoms with Crippen LogP contribution in [-0.4, -0.2) is 50.9 Å². The van der Waals surface area contributed by atoms with E-state index in [4.69, 9.17) is 0 Å². The molecule has 0 atom stereocenters. The van der Waals surface area contributed by atoms with E-state index in [1.54, 1.807) is 18.3 Å². The molecule has 0 spiro atoms. The van der Waals surface area contributed by atoms with Crippen LogP contribution in [0.25, 0.3) is 17.2 Å². The summed E-state index contributed by atoms with van der Waals surface area (Å²) in [4.78, 5) is 34.7. The molecule has 0 aliphatic carbocycles. The molecule has 3 aromatic rings. The molecule has 174 valence electrons. The van der Waals surface area contributed by atoms with Crippen LogP contribution in [0.1, 0.15) is 24.1 Å². The lowest BCUT2D eigenvalue weighted by Crippen LogP contribution is -2.38.